The number of hydrogen-bond acceptors (Lipinski definition) is 8. The lowest BCUT2D eigenvalue weighted by molar-refractivity contribution is -0.221. The Morgan fingerprint density at radius 2 is 2.04 bits per heavy atom. The van der Waals surface area contributed by atoms with Crippen LogP contribution in [0.5, 0.6) is 0 Å². The van der Waals surface area contributed by atoms with Crippen molar-refractivity contribution in [3.05, 3.63) is 18.2 Å². The zero-order chi connectivity index (χ0) is 18.0. The zero-order valence-electron chi connectivity index (χ0n) is 13.8. The minimum absolute atomic E-state index is 0.372. The molecule has 0 bridgehead atoms. The van der Waals surface area contributed by atoms with Crippen molar-refractivity contribution in [3.63, 3.8) is 0 Å². The second-order valence-electron chi connectivity index (χ2n) is 6.01. The number of aliphatic hydroxyl groups is 4. The van der Waals surface area contributed by atoms with Gasteiger partial charge in [-0.05, 0) is 30.4 Å². The van der Waals surface area contributed by atoms with Crippen LogP contribution in [0.1, 0.15) is 13.3 Å². The van der Waals surface area contributed by atoms with E-state index in [0.29, 0.717) is 5.95 Å². The monoisotopic (exact) mass is 369 g/mol. The third kappa shape index (κ3) is 3.91. The van der Waals surface area contributed by atoms with E-state index in [9.17, 15) is 20.4 Å². The van der Waals surface area contributed by atoms with Crippen LogP contribution in [0.15, 0.2) is 23.1 Å². The molecule has 1 aromatic carbocycles. The average Bonchev–Trinajstić information content (AvgIpc) is 3.02. The maximum Gasteiger partial charge on any atom is 0.203 e. The van der Waals surface area contributed by atoms with Gasteiger partial charge in [-0.25, -0.2) is 4.98 Å². The molecule has 3 rings (SSSR count). The van der Waals surface area contributed by atoms with E-state index in [1.807, 2.05) is 18.2 Å². The number of rotatable bonds is 6. The normalized spacial score (nSPS) is 29.9. The fourth-order valence-corrected chi connectivity index (χ4v) is 3.53. The molecule has 138 valence electrons. The third-order valence-corrected chi connectivity index (χ3v) is 5.30. The highest BCUT2D eigenvalue weighted by molar-refractivity contribution is 7.99. The second-order valence-corrected chi connectivity index (χ2v) is 7.17. The van der Waals surface area contributed by atoms with Crippen molar-refractivity contribution in [1.29, 1.82) is 0 Å². The summed E-state index contributed by atoms with van der Waals surface area (Å²) < 4.78 is 5.42. The van der Waals surface area contributed by atoms with Gasteiger partial charge in [-0.3, -0.25) is 0 Å². The lowest BCUT2D eigenvalue weighted by atomic mass is 9.98. The van der Waals surface area contributed by atoms with E-state index in [0.717, 1.165) is 28.1 Å². The smallest absolute Gasteiger partial charge is 0.203 e. The zero-order valence-corrected chi connectivity index (χ0v) is 14.6. The van der Waals surface area contributed by atoms with Gasteiger partial charge >= 0.3 is 0 Å². The molecular weight excluding hydrogens is 346 g/mol. The Labute approximate surface area is 149 Å². The summed E-state index contributed by atoms with van der Waals surface area (Å²) in [6, 6.07) is 5.91. The minimum Gasteiger partial charge on any atom is -0.394 e. The van der Waals surface area contributed by atoms with Gasteiger partial charge in [-0.2, -0.15) is 0 Å². The Bertz CT molecular complexity index is 710. The lowest BCUT2D eigenvalue weighted by Gasteiger charge is -2.40. The molecule has 0 amide bonds. The van der Waals surface area contributed by atoms with Gasteiger partial charge < -0.3 is 35.5 Å². The van der Waals surface area contributed by atoms with E-state index < -0.39 is 37.3 Å². The predicted octanol–water partition coefficient (Wildman–Crippen LogP) is 0.277. The first-order chi connectivity index (χ1) is 12.0. The Morgan fingerprint density at radius 1 is 1.24 bits per heavy atom. The number of aliphatic hydroxyl groups excluding tert-OH is 4. The van der Waals surface area contributed by atoms with Gasteiger partial charge in [-0.15, -0.1) is 11.8 Å². The summed E-state index contributed by atoms with van der Waals surface area (Å²) in [5, 5.41) is 41.8. The Kier molecular flexibility index (Phi) is 5.82. The van der Waals surface area contributed by atoms with Crippen molar-refractivity contribution in [1.82, 2.24) is 9.97 Å². The van der Waals surface area contributed by atoms with Crippen molar-refractivity contribution in [3.8, 4) is 0 Å². The minimum atomic E-state index is -1.43. The number of aromatic nitrogens is 2. The predicted molar refractivity (Wildman–Crippen MR) is 94.5 cm³/mol. The van der Waals surface area contributed by atoms with Gasteiger partial charge in [0.15, 0.2) is 6.23 Å². The Morgan fingerprint density at radius 3 is 2.76 bits per heavy atom. The van der Waals surface area contributed by atoms with Crippen LogP contribution in [0.2, 0.25) is 0 Å². The highest BCUT2D eigenvalue weighted by atomic mass is 32.2. The summed E-state index contributed by atoms with van der Waals surface area (Å²) in [4.78, 5) is 8.63. The molecule has 1 aliphatic rings. The van der Waals surface area contributed by atoms with Crippen LogP contribution in [-0.2, 0) is 4.74 Å². The second kappa shape index (κ2) is 7.90. The lowest BCUT2D eigenvalue weighted by Crippen LogP contribution is -2.60. The Balaban J connectivity index is 1.75. The van der Waals surface area contributed by atoms with Crippen molar-refractivity contribution in [2.24, 2.45) is 0 Å². The number of thioether (sulfide) groups is 1. The summed E-state index contributed by atoms with van der Waals surface area (Å²) in [7, 11) is 0. The molecule has 0 spiro atoms. The molecule has 9 heteroatoms. The van der Waals surface area contributed by atoms with Crippen LogP contribution in [-0.4, -0.2) is 73.4 Å². The standard InChI is InChI=1S/C16H23N3O5S/c1-2-5-25-8-3-4-9-10(6-8)18-16(17-9)19-15-14(23)13(22)12(21)11(7-20)24-15/h3-4,6,11-15,20-23H,2,5,7H2,1H3,(H2,17,18,19). The van der Waals surface area contributed by atoms with E-state index in [-0.39, 0.29) is 0 Å². The van der Waals surface area contributed by atoms with Crippen molar-refractivity contribution in [2.45, 2.75) is 48.9 Å². The number of nitrogens with zero attached hydrogens (tertiary/aromatic N) is 1. The molecule has 25 heavy (non-hydrogen) atoms. The van der Waals surface area contributed by atoms with E-state index >= 15 is 0 Å². The molecule has 8 nitrogen and oxygen atoms in total. The van der Waals surface area contributed by atoms with E-state index in [4.69, 9.17) is 4.74 Å². The molecular formula is C16H23N3O5S. The van der Waals surface area contributed by atoms with Crippen molar-refractivity contribution >= 4 is 28.7 Å². The molecule has 0 saturated carbocycles. The van der Waals surface area contributed by atoms with Crippen LogP contribution in [0, 0.1) is 0 Å². The number of H-pyrrole nitrogens is 1. The number of imidazole rings is 1. The van der Waals surface area contributed by atoms with Gasteiger partial charge in [-0.1, -0.05) is 6.92 Å². The highest BCUT2D eigenvalue weighted by Gasteiger charge is 2.43. The maximum absolute atomic E-state index is 10.1. The number of fused-ring (bicyclic) bond motifs is 1. The molecule has 1 aromatic heterocycles. The molecule has 6 N–H and O–H groups in total. The van der Waals surface area contributed by atoms with E-state index in [1.54, 1.807) is 11.8 Å². The number of nitrogens with one attached hydrogen (secondary N) is 2. The van der Waals surface area contributed by atoms with Crippen molar-refractivity contribution < 1.29 is 25.2 Å². The van der Waals surface area contributed by atoms with E-state index in [2.05, 4.69) is 22.2 Å². The summed E-state index contributed by atoms with van der Waals surface area (Å²) in [6.45, 7) is 1.66. The molecule has 2 aromatic rings. The molecule has 1 saturated heterocycles. The van der Waals surface area contributed by atoms with E-state index in [1.165, 1.54) is 0 Å². The first-order valence-electron chi connectivity index (χ1n) is 8.23. The fraction of sp³-hybridized carbons (Fsp3) is 0.562. The first kappa shape index (κ1) is 18.4. The summed E-state index contributed by atoms with van der Waals surface area (Å²) in [5.41, 5.74) is 1.60. The number of benzene rings is 1. The average molecular weight is 369 g/mol. The van der Waals surface area contributed by atoms with Gasteiger partial charge in [0.25, 0.3) is 0 Å². The quantitative estimate of drug-likeness (QED) is 0.400. The molecule has 5 atom stereocenters. The molecule has 1 fully saturated rings. The molecule has 0 aliphatic carbocycles. The number of aromatic amines is 1. The van der Waals surface area contributed by atoms with Crippen LogP contribution in [0.4, 0.5) is 5.95 Å². The molecule has 2 heterocycles. The van der Waals surface area contributed by atoms with Gasteiger partial charge in [0.2, 0.25) is 5.95 Å². The topological polar surface area (TPSA) is 131 Å². The Hall–Kier alpha value is -1.36. The summed E-state index contributed by atoms with van der Waals surface area (Å²) >= 11 is 1.76. The number of anilines is 1. The summed E-state index contributed by atoms with van der Waals surface area (Å²) in [5.74, 6) is 1.41. The SMILES string of the molecule is CCCSc1ccc2nc(NC3OC(CO)C(O)C(O)C3O)[nH]c2c1. The van der Waals surface area contributed by atoms with Gasteiger partial charge in [0.05, 0.1) is 17.6 Å². The number of ether oxygens (including phenoxy) is 1. The van der Waals surface area contributed by atoms with Crippen LogP contribution < -0.4 is 5.32 Å². The molecule has 1 aliphatic heterocycles. The van der Waals surface area contributed by atoms with Crippen molar-refractivity contribution in [2.75, 3.05) is 17.7 Å². The van der Waals surface area contributed by atoms with Gasteiger partial charge in [0, 0.05) is 4.90 Å². The number of hydrogen-bond donors (Lipinski definition) is 6. The van der Waals surface area contributed by atoms with Gasteiger partial charge in [0.1, 0.15) is 24.4 Å². The molecule has 5 unspecified atom stereocenters. The largest absolute Gasteiger partial charge is 0.394 e. The van der Waals surface area contributed by atoms with Crippen LogP contribution in [0.25, 0.3) is 11.0 Å². The maximum atomic E-state index is 10.1. The van der Waals surface area contributed by atoms with Crippen LogP contribution >= 0.6 is 11.8 Å². The van der Waals surface area contributed by atoms with Crippen LogP contribution in [0.3, 0.4) is 0 Å². The summed E-state index contributed by atoms with van der Waals surface area (Å²) in [6.07, 6.45) is -5.05. The first-order valence-corrected chi connectivity index (χ1v) is 9.21. The fourth-order valence-electron chi connectivity index (χ4n) is 2.72. The third-order valence-electron chi connectivity index (χ3n) is 4.10. The highest BCUT2D eigenvalue weighted by Crippen LogP contribution is 2.26. The molecule has 0 radical (unpaired) electrons.